The minimum atomic E-state index is -0.391. The number of rotatable bonds is 1. The lowest BCUT2D eigenvalue weighted by atomic mass is 9.94. The minimum absolute atomic E-state index is 0.139. The Bertz CT molecular complexity index is 604. The second kappa shape index (κ2) is 3.51. The molecule has 84 valence electrons. The molecular formula is C11H7N3O3. The van der Waals surface area contributed by atoms with Crippen molar-refractivity contribution in [3.63, 3.8) is 0 Å². The standard InChI is InChI=1S/C11H7N3O3/c15-9-4-8-6(10(16)13-9)2-1-3-7(8)11-14-12-5-17-11/h1-3,5H,4H2,(H,13,15,16). The molecule has 0 aliphatic carbocycles. The molecule has 3 rings (SSSR count). The summed E-state index contributed by atoms with van der Waals surface area (Å²) in [5.74, 6) is -0.406. The quantitative estimate of drug-likeness (QED) is 0.722. The van der Waals surface area contributed by atoms with Gasteiger partial charge in [-0.3, -0.25) is 14.9 Å². The Labute approximate surface area is 95.7 Å². The van der Waals surface area contributed by atoms with E-state index in [0.29, 0.717) is 22.6 Å². The third kappa shape index (κ3) is 1.50. The lowest BCUT2D eigenvalue weighted by Gasteiger charge is -2.16. The van der Waals surface area contributed by atoms with Gasteiger partial charge in [0.2, 0.25) is 18.2 Å². The van der Waals surface area contributed by atoms with Crippen LogP contribution in [0.1, 0.15) is 15.9 Å². The van der Waals surface area contributed by atoms with Crippen molar-refractivity contribution in [3.8, 4) is 11.5 Å². The normalized spacial score (nSPS) is 14.4. The molecular weight excluding hydrogens is 222 g/mol. The molecule has 17 heavy (non-hydrogen) atoms. The van der Waals surface area contributed by atoms with Gasteiger partial charge in [-0.1, -0.05) is 6.07 Å². The molecule has 0 radical (unpaired) electrons. The summed E-state index contributed by atoms with van der Waals surface area (Å²) in [6, 6.07) is 5.13. The van der Waals surface area contributed by atoms with Gasteiger partial charge in [0.15, 0.2) is 0 Å². The predicted molar refractivity (Wildman–Crippen MR) is 55.9 cm³/mol. The maximum Gasteiger partial charge on any atom is 0.258 e. The minimum Gasteiger partial charge on any atom is -0.423 e. The molecule has 0 saturated heterocycles. The van der Waals surface area contributed by atoms with Crippen molar-refractivity contribution in [3.05, 3.63) is 35.7 Å². The third-order valence-electron chi connectivity index (χ3n) is 2.60. The molecule has 2 heterocycles. The largest absolute Gasteiger partial charge is 0.423 e. The zero-order chi connectivity index (χ0) is 11.8. The number of hydrogen-bond donors (Lipinski definition) is 1. The molecule has 0 atom stereocenters. The first-order chi connectivity index (χ1) is 8.25. The van der Waals surface area contributed by atoms with Gasteiger partial charge in [-0.25, -0.2) is 0 Å². The van der Waals surface area contributed by atoms with Crippen molar-refractivity contribution in [2.75, 3.05) is 0 Å². The second-order valence-corrected chi connectivity index (χ2v) is 3.63. The molecule has 1 aromatic heterocycles. The number of imide groups is 1. The lowest BCUT2D eigenvalue weighted by molar-refractivity contribution is -0.119. The predicted octanol–water partition coefficient (Wildman–Crippen LogP) is 0.549. The highest BCUT2D eigenvalue weighted by molar-refractivity contribution is 6.10. The fourth-order valence-electron chi connectivity index (χ4n) is 1.88. The van der Waals surface area contributed by atoms with E-state index in [0.717, 1.165) is 0 Å². The molecule has 0 spiro atoms. The SMILES string of the molecule is O=C1Cc2c(cccc2-c2nnco2)C(=O)N1. The highest BCUT2D eigenvalue weighted by atomic mass is 16.4. The number of nitrogens with zero attached hydrogens (tertiary/aromatic N) is 2. The molecule has 1 aromatic carbocycles. The molecule has 6 nitrogen and oxygen atoms in total. The van der Waals surface area contributed by atoms with Crippen LogP contribution in [0.15, 0.2) is 29.0 Å². The third-order valence-corrected chi connectivity index (χ3v) is 2.60. The van der Waals surface area contributed by atoms with Crippen LogP contribution < -0.4 is 5.32 Å². The van der Waals surface area contributed by atoms with Crippen molar-refractivity contribution >= 4 is 11.8 Å². The van der Waals surface area contributed by atoms with Crippen LogP contribution >= 0.6 is 0 Å². The Morgan fingerprint density at radius 3 is 2.82 bits per heavy atom. The first-order valence-electron chi connectivity index (χ1n) is 4.98. The van der Waals surface area contributed by atoms with Gasteiger partial charge in [-0.2, -0.15) is 0 Å². The van der Waals surface area contributed by atoms with E-state index in [4.69, 9.17) is 4.42 Å². The highest BCUT2D eigenvalue weighted by Gasteiger charge is 2.25. The molecule has 0 unspecified atom stereocenters. The zero-order valence-corrected chi connectivity index (χ0v) is 8.64. The summed E-state index contributed by atoms with van der Waals surface area (Å²) in [7, 11) is 0. The van der Waals surface area contributed by atoms with Gasteiger partial charge in [0.1, 0.15) is 0 Å². The fourth-order valence-corrected chi connectivity index (χ4v) is 1.88. The lowest BCUT2D eigenvalue weighted by Crippen LogP contribution is -2.37. The van der Waals surface area contributed by atoms with E-state index in [9.17, 15) is 9.59 Å². The summed E-state index contributed by atoms with van der Waals surface area (Å²) < 4.78 is 5.09. The molecule has 0 bridgehead atoms. The van der Waals surface area contributed by atoms with Crippen molar-refractivity contribution in [2.24, 2.45) is 0 Å². The number of nitrogens with one attached hydrogen (secondary N) is 1. The molecule has 1 aliphatic heterocycles. The Kier molecular flexibility index (Phi) is 2.01. The van der Waals surface area contributed by atoms with Crippen LogP contribution in [0.2, 0.25) is 0 Å². The van der Waals surface area contributed by atoms with Crippen LogP contribution in [-0.4, -0.2) is 22.0 Å². The van der Waals surface area contributed by atoms with Gasteiger partial charge in [-0.15, -0.1) is 10.2 Å². The van der Waals surface area contributed by atoms with Gasteiger partial charge >= 0.3 is 0 Å². The molecule has 6 heteroatoms. The highest BCUT2D eigenvalue weighted by Crippen LogP contribution is 2.26. The van der Waals surface area contributed by atoms with E-state index in [2.05, 4.69) is 15.5 Å². The van der Waals surface area contributed by atoms with Crippen LogP contribution in [-0.2, 0) is 11.2 Å². The van der Waals surface area contributed by atoms with Crippen molar-refractivity contribution in [2.45, 2.75) is 6.42 Å². The average Bonchev–Trinajstić information content (AvgIpc) is 2.81. The van der Waals surface area contributed by atoms with Crippen LogP contribution in [0.25, 0.3) is 11.5 Å². The average molecular weight is 229 g/mol. The van der Waals surface area contributed by atoms with Gasteiger partial charge in [0.25, 0.3) is 5.91 Å². The van der Waals surface area contributed by atoms with Crippen molar-refractivity contribution < 1.29 is 14.0 Å². The maximum absolute atomic E-state index is 11.6. The van der Waals surface area contributed by atoms with Gasteiger partial charge in [-0.05, 0) is 17.7 Å². The van der Waals surface area contributed by atoms with E-state index in [1.165, 1.54) is 6.39 Å². The first kappa shape index (κ1) is 9.71. The summed E-state index contributed by atoms with van der Waals surface area (Å²) in [5.41, 5.74) is 1.73. The smallest absolute Gasteiger partial charge is 0.258 e. The van der Waals surface area contributed by atoms with E-state index in [-0.39, 0.29) is 12.3 Å². The molecule has 2 amide bonds. The molecule has 0 saturated carbocycles. The summed E-state index contributed by atoms with van der Waals surface area (Å²) in [6.07, 6.45) is 1.35. The number of benzene rings is 1. The number of fused-ring (bicyclic) bond motifs is 1. The summed E-state index contributed by atoms with van der Waals surface area (Å²) in [6.45, 7) is 0. The number of amides is 2. The molecule has 1 N–H and O–H groups in total. The van der Waals surface area contributed by atoms with Crippen LogP contribution in [0.3, 0.4) is 0 Å². The first-order valence-corrected chi connectivity index (χ1v) is 4.98. The fraction of sp³-hybridized carbons (Fsp3) is 0.0909. The van der Waals surface area contributed by atoms with Gasteiger partial charge < -0.3 is 4.42 Å². The number of aromatic nitrogens is 2. The Morgan fingerprint density at radius 2 is 2.06 bits per heavy atom. The van der Waals surface area contributed by atoms with Crippen LogP contribution in [0, 0.1) is 0 Å². The van der Waals surface area contributed by atoms with Crippen molar-refractivity contribution in [1.82, 2.24) is 15.5 Å². The van der Waals surface area contributed by atoms with E-state index in [1.54, 1.807) is 18.2 Å². The van der Waals surface area contributed by atoms with Crippen molar-refractivity contribution in [1.29, 1.82) is 0 Å². The van der Waals surface area contributed by atoms with Gasteiger partial charge in [0.05, 0.1) is 6.42 Å². The zero-order valence-electron chi connectivity index (χ0n) is 8.64. The topological polar surface area (TPSA) is 85.1 Å². The molecule has 0 fully saturated rings. The van der Waals surface area contributed by atoms with Gasteiger partial charge in [0, 0.05) is 11.1 Å². The monoisotopic (exact) mass is 229 g/mol. The molecule has 2 aromatic rings. The Hall–Kier alpha value is -2.50. The van der Waals surface area contributed by atoms with E-state index in [1.807, 2.05) is 0 Å². The Morgan fingerprint density at radius 1 is 1.24 bits per heavy atom. The van der Waals surface area contributed by atoms with Crippen LogP contribution in [0.5, 0.6) is 0 Å². The maximum atomic E-state index is 11.6. The van der Waals surface area contributed by atoms with Crippen LogP contribution in [0.4, 0.5) is 0 Å². The summed E-state index contributed by atoms with van der Waals surface area (Å²) in [5, 5.41) is 9.63. The second-order valence-electron chi connectivity index (χ2n) is 3.63. The Balaban J connectivity index is 2.22. The molecule has 1 aliphatic rings. The number of carbonyl (C=O) groups is 2. The number of carbonyl (C=O) groups excluding carboxylic acids is 2. The summed E-state index contributed by atoms with van der Waals surface area (Å²) in [4.78, 5) is 23.0. The van der Waals surface area contributed by atoms with E-state index >= 15 is 0 Å². The summed E-state index contributed by atoms with van der Waals surface area (Å²) >= 11 is 0. The number of hydrogen-bond acceptors (Lipinski definition) is 5. The van der Waals surface area contributed by atoms with E-state index < -0.39 is 5.91 Å².